The van der Waals surface area contributed by atoms with Crippen molar-refractivity contribution in [2.24, 2.45) is 5.92 Å². The highest BCUT2D eigenvalue weighted by Crippen LogP contribution is 2.28. The van der Waals surface area contributed by atoms with Gasteiger partial charge in [-0.25, -0.2) is 4.98 Å². The van der Waals surface area contributed by atoms with Crippen LogP contribution in [0.25, 0.3) is 0 Å². The molecule has 0 atom stereocenters. The molecule has 1 saturated heterocycles. The van der Waals surface area contributed by atoms with E-state index in [1.807, 2.05) is 11.6 Å². The summed E-state index contributed by atoms with van der Waals surface area (Å²) in [7, 11) is 0. The Bertz CT molecular complexity index is 442. The molecule has 3 rings (SSSR count). The Kier molecular flexibility index (Phi) is 5.12. The lowest BCUT2D eigenvalue weighted by Gasteiger charge is -2.22. The number of anilines is 1. The summed E-state index contributed by atoms with van der Waals surface area (Å²) in [4.78, 5) is 21.2. The smallest absolute Gasteiger partial charge is 0.222 e. The Labute approximate surface area is 131 Å². The molecular weight excluding hydrogens is 282 g/mol. The maximum Gasteiger partial charge on any atom is 0.222 e. The van der Waals surface area contributed by atoms with Gasteiger partial charge in [0.05, 0.1) is 0 Å². The van der Waals surface area contributed by atoms with Gasteiger partial charge < -0.3 is 9.80 Å². The summed E-state index contributed by atoms with van der Waals surface area (Å²) in [6, 6.07) is 0. The molecular formula is C16H25N3OS. The van der Waals surface area contributed by atoms with E-state index in [0.717, 1.165) is 56.5 Å². The molecule has 1 aromatic rings. The van der Waals surface area contributed by atoms with E-state index in [9.17, 15) is 4.79 Å². The van der Waals surface area contributed by atoms with Gasteiger partial charge in [0.1, 0.15) is 0 Å². The molecule has 0 bridgehead atoms. The van der Waals surface area contributed by atoms with Crippen LogP contribution in [0.2, 0.25) is 0 Å². The molecule has 4 nitrogen and oxygen atoms in total. The van der Waals surface area contributed by atoms with Crippen LogP contribution in [0.5, 0.6) is 0 Å². The predicted octanol–water partition coefficient (Wildman–Crippen LogP) is 3.15. The highest BCUT2D eigenvalue weighted by Gasteiger charge is 2.22. The zero-order chi connectivity index (χ0) is 14.5. The van der Waals surface area contributed by atoms with Crippen molar-refractivity contribution in [3.05, 3.63) is 11.6 Å². The van der Waals surface area contributed by atoms with Gasteiger partial charge in [0.15, 0.2) is 5.13 Å². The van der Waals surface area contributed by atoms with Gasteiger partial charge in [0, 0.05) is 44.2 Å². The summed E-state index contributed by atoms with van der Waals surface area (Å²) in [5.74, 6) is 1.18. The molecule has 1 aromatic heterocycles. The van der Waals surface area contributed by atoms with Gasteiger partial charge in [-0.05, 0) is 18.8 Å². The van der Waals surface area contributed by atoms with E-state index in [4.69, 9.17) is 0 Å². The first-order chi connectivity index (χ1) is 10.3. The molecule has 5 heteroatoms. The molecule has 21 heavy (non-hydrogen) atoms. The molecule has 0 radical (unpaired) electrons. The number of hydrogen-bond acceptors (Lipinski definition) is 4. The molecule has 2 fully saturated rings. The third kappa shape index (κ3) is 3.96. The minimum Gasteiger partial charge on any atom is -0.346 e. The highest BCUT2D eigenvalue weighted by atomic mass is 32.1. The van der Waals surface area contributed by atoms with Crippen molar-refractivity contribution in [1.29, 1.82) is 0 Å². The second kappa shape index (κ2) is 7.25. The Balaban J connectivity index is 1.46. The number of amides is 1. The topological polar surface area (TPSA) is 36.4 Å². The zero-order valence-corrected chi connectivity index (χ0v) is 13.5. The largest absolute Gasteiger partial charge is 0.346 e. The summed E-state index contributed by atoms with van der Waals surface area (Å²) >= 11 is 1.69. The Morgan fingerprint density at radius 3 is 2.81 bits per heavy atom. The fourth-order valence-corrected chi connectivity index (χ4v) is 4.21. The number of aromatic nitrogens is 1. The van der Waals surface area contributed by atoms with E-state index in [1.165, 1.54) is 25.7 Å². The van der Waals surface area contributed by atoms with Crippen molar-refractivity contribution < 1.29 is 4.79 Å². The molecule has 0 N–H and O–H groups in total. The van der Waals surface area contributed by atoms with E-state index < -0.39 is 0 Å². The SMILES string of the molecule is O=C(CCC1CCCC1)N1CCCN(c2nccs2)CC1. The number of rotatable bonds is 4. The third-order valence-corrected chi connectivity index (χ3v) is 5.61. The van der Waals surface area contributed by atoms with E-state index in [1.54, 1.807) is 11.3 Å². The lowest BCUT2D eigenvalue weighted by molar-refractivity contribution is -0.131. The molecule has 116 valence electrons. The van der Waals surface area contributed by atoms with Crippen molar-refractivity contribution in [2.45, 2.75) is 44.9 Å². The van der Waals surface area contributed by atoms with Gasteiger partial charge in [-0.1, -0.05) is 25.7 Å². The van der Waals surface area contributed by atoms with E-state index in [0.29, 0.717) is 5.91 Å². The van der Waals surface area contributed by atoms with Crippen molar-refractivity contribution >= 4 is 22.4 Å². The maximum absolute atomic E-state index is 12.4. The third-order valence-electron chi connectivity index (χ3n) is 4.78. The van der Waals surface area contributed by atoms with Gasteiger partial charge in [0.25, 0.3) is 0 Å². The lowest BCUT2D eigenvalue weighted by atomic mass is 10.0. The summed E-state index contributed by atoms with van der Waals surface area (Å²) < 4.78 is 0. The van der Waals surface area contributed by atoms with Gasteiger partial charge in [0.2, 0.25) is 5.91 Å². The fourth-order valence-electron chi connectivity index (χ4n) is 3.51. The van der Waals surface area contributed by atoms with Crippen molar-refractivity contribution in [2.75, 3.05) is 31.1 Å². The van der Waals surface area contributed by atoms with Crippen molar-refractivity contribution in [1.82, 2.24) is 9.88 Å². The lowest BCUT2D eigenvalue weighted by Crippen LogP contribution is -2.35. The van der Waals surface area contributed by atoms with E-state index in [-0.39, 0.29) is 0 Å². The van der Waals surface area contributed by atoms with Crippen LogP contribution in [0.1, 0.15) is 44.9 Å². The summed E-state index contributed by atoms with van der Waals surface area (Å²) in [6.07, 6.45) is 10.2. The van der Waals surface area contributed by atoms with Gasteiger partial charge >= 0.3 is 0 Å². The van der Waals surface area contributed by atoms with Gasteiger partial charge in [-0.3, -0.25) is 4.79 Å². The highest BCUT2D eigenvalue weighted by molar-refractivity contribution is 7.13. The first kappa shape index (κ1) is 14.8. The second-order valence-electron chi connectivity index (χ2n) is 6.23. The normalized spacial score (nSPS) is 20.8. The van der Waals surface area contributed by atoms with Gasteiger partial charge in [-0.15, -0.1) is 11.3 Å². The minimum atomic E-state index is 0.364. The quantitative estimate of drug-likeness (QED) is 0.857. The van der Waals surface area contributed by atoms with Crippen LogP contribution in [0.3, 0.4) is 0 Å². The second-order valence-corrected chi connectivity index (χ2v) is 7.10. The van der Waals surface area contributed by atoms with Crippen molar-refractivity contribution in [3.8, 4) is 0 Å². The average Bonchev–Trinajstić information content (AvgIpc) is 3.15. The van der Waals surface area contributed by atoms with Crippen LogP contribution in [0.4, 0.5) is 5.13 Å². The van der Waals surface area contributed by atoms with Crippen LogP contribution in [0, 0.1) is 5.92 Å². The monoisotopic (exact) mass is 307 g/mol. The van der Waals surface area contributed by atoms with Crippen LogP contribution in [-0.2, 0) is 4.79 Å². The molecule has 2 heterocycles. The first-order valence-corrected chi connectivity index (χ1v) is 9.13. The zero-order valence-electron chi connectivity index (χ0n) is 12.7. The predicted molar refractivity (Wildman–Crippen MR) is 86.7 cm³/mol. The number of hydrogen-bond donors (Lipinski definition) is 0. The number of nitrogens with zero attached hydrogens (tertiary/aromatic N) is 3. The van der Waals surface area contributed by atoms with Crippen LogP contribution >= 0.6 is 11.3 Å². The molecule has 1 aliphatic heterocycles. The molecule has 1 amide bonds. The molecule has 1 aliphatic carbocycles. The first-order valence-electron chi connectivity index (χ1n) is 8.25. The number of carbonyl (C=O) groups is 1. The van der Waals surface area contributed by atoms with Crippen molar-refractivity contribution in [3.63, 3.8) is 0 Å². The van der Waals surface area contributed by atoms with E-state index >= 15 is 0 Å². The molecule has 0 spiro atoms. The minimum absolute atomic E-state index is 0.364. The maximum atomic E-state index is 12.4. The van der Waals surface area contributed by atoms with E-state index in [2.05, 4.69) is 14.8 Å². The Morgan fingerprint density at radius 1 is 1.19 bits per heavy atom. The standard InChI is InChI=1S/C16H25N3OS/c20-15(7-6-14-4-1-2-5-14)18-9-3-10-19(12-11-18)16-17-8-13-21-16/h8,13-14H,1-7,9-12H2. The molecule has 0 unspecified atom stereocenters. The Hall–Kier alpha value is -1.10. The van der Waals surface area contributed by atoms with Gasteiger partial charge in [-0.2, -0.15) is 0 Å². The summed E-state index contributed by atoms with van der Waals surface area (Å²) in [6.45, 7) is 3.69. The van der Waals surface area contributed by atoms with Crippen LogP contribution in [-0.4, -0.2) is 42.0 Å². The van der Waals surface area contributed by atoms with Crippen LogP contribution < -0.4 is 4.90 Å². The number of carbonyl (C=O) groups excluding carboxylic acids is 1. The number of thiazole rings is 1. The summed E-state index contributed by atoms with van der Waals surface area (Å²) in [5.41, 5.74) is 0. The molecule has 0 aromatic carbocycles. The Morgan fingerprint density at radius 2 is 2.05 bits per heavy atom. The fraction of sp³-hybridized carbons (Fsp3) is 0.750. The average molecular weight is 307 g/mol. The molecule has 1 saturated carbocycles. The van der Waals surface area contributed by atoms with Crippen LogP contribution in [0.15, 0.2) is 11.6 Å². The molecule has 2 aliphatic rings. The summed E-state index contributed by atoms with van der Waals surface area (Å²) in [5, 5.41) is 3.11.